The van der Waals surface area contributed by atoms with E-state index in [-0.39, 0.29) is 12.4 Å². The SMILES string of the molecule is Cc1cc([N+](=O)[O-])c(=O)n(CCCl)c1. The summed E-state index contributed by atoms with van der Waals surface area (Å²) in [7, 11) is 0. The topological polar surface area (TPSA) is 65.1 Å². The highest BCUT2D eigenvalue weighted by Crippen LogP contribution is 2.06. The molecule has 0 N–H and O–H groups in total. The molecular weight excluding hydrogens is 208 g/mol. The summed E-state index contributed by atoms with van der Waals surface area (Å²) in [5.74, 6) is 0.251. The number of hydrogen-bond acceptors (Lipinski definition) is 3. The van der Waals surface area contributed by atoms with Gasteiger partial charge in [-0.2, -0.15) is 0 Å². The minimum Gasteiger partial charge on any atom is -0.308 e. The molecule has 0 aliphatic heterocycles. The van der Waals surface area contributed by atoms with Crippen molar-refractivity contribution in [3.63, 3.8) is 0 Å². The molecule has 14 heavy (non-hydrogen) atoms. The maximum absolute atomic E-state index is 11.4. The van der Waals surface area contributed by atoms with Crippen LogP contribution in [0.5, 0.6) is 0 Å². The average molecular weight is 217 g/mol. The van der Waals surface area contributed by atoms with Gasteiger partial charge in [-0.1, -0.05) is 0 Å². The summed E-state index contributed by atoms with van der Waals surface area (Å²) in [5.41, 5.74) is -0.349. The zero-order valence-electron chi connectivity index (χ0n) is 7.57. The van der Waals surface area contributed by atoms with Crippen LogP contribution >= 0.6 is 11.6 Å². The second kappa shape index (κ2) is 4.23. The van der Waals surface area contributed by atoms with E-state index in [0.29, 0.717) is 5.56 Å². The van der Waals surface area contributed by atoms with Gasteiger partial charge in [-0.3, -0.25) is 14.9 Å². The first kappa shape index (κ1) is 10.7. The lowest BCUT2D eigenvalue weighted by Crippen LogP contribution is -2.23. The van der Waals surface area contributed by atoms with E-state index >= 15 is 0 Å². The van der Waals surface area contributed by atoms with Gasteiger partial charge in [0.2, 0.25) is 0 Å². The van der Waals surface area contributed by atoms with E-state index in [9.17, 15) is 14.9 Å². The van der Waals surface area contributed by atoms with Crippen LogP contribution in [0.1, 0.15) is 5.56 Å². The van der Waals surface area contributed by atoms with E-state index in [1.54, 1.807) is 13.1 Å². The van der Waals surface area contributed by atoms with Crippen LogP contribution in [-0.2, 0) is 6.54 Å². The summed E-state index contributed by atoms with van der Waals surface area (Å²) in [6.45, 7) is 1.97. The highest BCUT2D eigenvalue weighted by Gasteiger charge is 2.14. The number of nitrogens with zero attached hydrogens (tertiary/aromatic N) is 2. The van der Waals surface area contributed by atoms with Crippen molar-refractivity contribution in [3.05, 3.63) is 38.3 Å². The van der Waals surface area contributed by atoms with Crippen LogP contribution < -0.4 is 5.56 Å². The molecule has 1 heterocycles. The fraction of sp³-hybridized carbons (Fsp3) is 0.375. The molecular formula is C8H9ClN2O3. The number of pyridine rings is 1. The first-order chi connectivity index (χ1) is 6.56. The second-order valence-electron chi connectivity index (χ2n) is 2.85. The molecule has 1 aromatic heterocycles. The van der Waals surface area contributed by atoms with Crippen molar-refractivity contribution in [2.45, 2.75) is 13.5 Å². The van der Waals surface area contributed by atoms with Gasteiger partial charge in [-0.15, -0.1) is 11.6 Å². The summed E-state index contributed by atoms with van der Waals surface area (Å²) in [6, 6.07) is 1.26. The third kappa shape index (κ3) is 2.11. The van der Waals surface area contributed by atoms with Crippen molar-refractivity contribution in [2.75, 3.05) is 5.88 Å². The molecule has 0 fully saturated rings. The van der Waals surface area contributed by atoms with Crippen LogP contribution in [0.2, 0.25) is 0 Å². The second-order valence-corrected chi connectivity index (χ2v) is 3.23. The van der Waals surface area contributed by atoms with Crippen LogP contribution in [0.15, 0.2) is 17.1 Å². The normalized spacial score (nSPS) is 10.1. The predicted molar refractivity (Wildman–Crippen MR) is 52.8 cm³/mol. The van der Waals surface area contributed by atoms with Gasteiger partial charge in [0.15, 0.2) is 0 Å². The molecule has 5 nitrogen and oxygen atoms in total. The Labute approximate surface area is 85.1 Å². The average Bonchev–Trinajstić information content (AvgIpc) is 2.10. The molecule has 0 spiro atoms. The van der Waals surface area contributed by atoms with Gasteiger partial charge in [0.25, 0.3) is 0 Å². The molecule has 0 aliphatic rings. The quantitative estimate of drug-likeness (QED) is 0.435. The Morgan fingerprint density at radius 1 is 1.64 bits per heavy atom. The summed E-state index contributed by atoms with van der Waals surface area (Å²) >= 11 is 5.46. The number of aromatic nitrogens is 1. The van der Waals surface area contributed by atoms with Gasteiger partial charge in [0, 0.05) is 24.7 Å². The van der Waals surface area contributed by atoms with Crippen molar-refractivity contribution in [2.24, 2.45) is 0 Å². The van der Waals surface area contributed by atoms with Crippen molar-refractivity contribution >= 4 is 17.3 Å². The Kier molecular flexibility index (Phi) is 3.24. The number of aryl methyl sites for hydroxylation is 2. The minimum atomic E-state index is -0.680. The molecule has 0 aliphatic carbocycles. The predicted octanol–water partition coefficient (Wildman–Crippen LogP) is 1.30. The first-order valence-electron chi connectivity index (χ1n) is 3.97. The van der Waals surface area contributed by atoms with Crippen LogP contribution in [0.3, 0.4) is 0 Å². The van der Waals surface area contributed by atoms with Gasteiger partial charge in [-0.05, 0) is 12.5 Å². The number of hydrogen-bond donors (Lipinski definition) is 0. The lowest BCUT2D eigenvalue weighted by atomic mass is 10.3. The van der Waals surface area contributed by atoms with Gasteiger partial charge in [0.05, 0.1) is 4.92 Å². The Morgan fingerprint density at radius 2 is 2.29 bits per heavy atom. The van der Waals surface area contributed by atoms with Gasteiger partial charge < -0.3 is 4.57 Å². The Bertz CT molecular complexity index is 414. The molecule has 1 rings (SSSR count). The Balaban J connectivity index is 3.32. The molecule has 6 heteroatoms. The molecule has 0 aromatic carbocycles. The molecule has 0 saturated heterocycles. The summed E-state index contributed by atoms with van der Waals surface area (Å²) in [5, 5.41) is 10.5. The van der Waals surface area contributed by atoms with Crippen molar-refractivity contribution in [1.29, 1.82) is 0 Å². The number of nitro groups is 1. The van der Waals surface area contributed by atoms with E-state index < -0.39 is 16.2 Å². The van der Waals surface area contributed by atoms with E-state index in [1.165, 1.54) is 10.6 Å². The zero-order chi connectivity index (χ0) is 10.7. The zero-order valence-corrected chi connectivity index (χ0v) is 8.32. The number of halogens is 1. The molecule has 0 amide bonds. The lowest BCUT2D eigenvalue weighted by molar-refractivity contribution is -0.386. The van der Waals surface area contributed by atoms with Crippen LogP contribution in [0.25, 0.3) is 0 Å². The lowest BCUT2D eigenvalue weighted by Gasteiger charge is -2.03. The van der Waals surface area contributed by atoms with Crippen LogP contribution in [-0.4, -0.2) is 15.4 Å². The minimum absolute atomic E-state index is 0.251. The molecule has 0 unspecified atom stereocenters. The standard InChI is InChI=1S/C8H9ClN2O3/c1-6-4-7(11(13)14)8(12)10(5-6)3-2-9/h4-5H,2-3H2,1H3. The molecule has 0 atom stereocenters. The molecule has 0 radical (unpaired) electrons. The highest BCUT2D eigenvalue weighted by molar-refractivity contribution is 6.17. The summed E-state index contributed by atoms with van der Waals surface area (Å²) in [4.78, 5) is 21.2. The number of rotatable bonds is 3. The fourth-order valence-electron chi connectivity index (χ4n) is 1.15. The molecule has 1 aromatic rings. The third-order valence-corrected chi connectivity index (χ3v) is 1.89. The molecule has 0 bridgehead atoms. The Morgan fingerprint density at radius 3 is 2.79 bits per heavy atom. The van der Waals surface area contributed by atoms with Crippen LogP contribution in [0, 0.1) is 17.0 Å². The molecule has 0 saturated carbocycles. The van der Waals surface area contributed by atoms with E-state index in [2.05, 4.69) is 0 Å². The van der Waals surface area contributed by atoms with Crippen molar-refractivity contribution in [3.8, 4) is 0 Å². The first-order valence-corrected chi connectivity index (χ1v) is 4.51. The van der Waals surface area contributed by atoms with Gasteiger partial charge >= 0.3 is 11.2 Å². The summed E-state index contributed by atoms with van der Waals surface area (Å²) < 4.78 is 1.25. The number of alkyl halides is 1. The monoisotopic (exact) mass is 216 g/mol. The van der Waals surface area contributed by atoms with Crippen LogP contribution in [0.4, 0.5) is 5.69 Å². The van der Waals surface area contributed by atoms with Gasteiger partial charge in [-0.25, -0.2) is 0 Å². The van der Waals surface area contributed by atoms with E-state index in [1.807, 2.05) is 0 Å². The van der Waals surface area contributed by atoms with Crippen molar-refractivity contribution in [1.82, 2.24) is 4.57 Å². The van der Waals surface area contributed by atoms with Gasteiger partial charge in [0.1, 0.15) is 0 Å². The van der Waals surface area contributed by atoms with E-state index in [4.69, 9.17) is 11.6 Å². The largest absolute Gasteiger partial charge is 0.334 e. The fourth-order valence-corrected chi connectivity index (χ4v) is 1.34. The highest BCUT2D eigenvalue weighted by atomic mass is 35.5. The third-order valence-electron chi connectivity index (χ3n) is 1.73. The smallest absolute Gasteiger partial charge is 0.308 e. The summed E-state index contributed by atoms with van der Waals surface area (Å²) in [6.07, 6.45) is 1.55. The molecule has 76 valence electrons. The maximum Gasteiger partial charge on any atom is 0.334 e. The Hall–Kier alpha value is -1.36. The van der Waals surface area contributed by atoms with E-state index in [0.717, 1.165) is 0 Å². The van der Waals surface area contributed by atoms with Crippen molar-refractivity contribution < 1.29 is 4.92 Å². The maximum atomic E-state index is 11.4.